The summed E-state index contributed by atoms with van der Waals surface area (Å²) in [6.45, 7) is -0.970. The first-order chi connectivity index (χ1) is 9.94. The number of aromatic nitrogens is 4. The lowest BCUT2D eigenvalue weighted by atomic mass is 10.4. The van der Waals surface area contributed by atoms with Gasteiger partial charge in [-0.3, -0.25) is 4.57 Å². The second-order valence-corrected chi connectivity index (χ2v) is 8.53. The number of nitrogens with zero attached hydrogens (tertiary/aromatic N) is 4. The molecule has 1 aliphatic rings. The fourth-order valence-electron chi connectivity index (χ4n) is 2.01. The number of imidazole rings is 1. The third-order valence-corrected chi connectivity index (χ3v) is 3.89. The molecule has 2 aromatic rings. The summed E-state index contributed by atoms with van der Waals surface area (Å²) in [5, 5.41) is 0. The van der Waals surface area contributed by atoms with E-state index in [0.29, 0.717) is 17.0 Å². The molecule has 0 saturated heterocycles. The maximum atomic E-state index is 9.48. The number of ether oxygens (including phenoxy) is 1. The summed E-state index contributed by atoms with van der Waals surface area (Å²) in [5.41, 5.74) is 6.88. The number of hydrogen-bond acceptors (Lipinski definition) is 7. The number of anilines is 1. The van der Waals surface area contributed by atoms with Gasteiger partial charge in [-0.15, -0.1) is 0 Å². The molecule has 0 fully saturated rings. The van der Waals surface area contributed by atoms with E-state index in [4.69, 9.17) is 26.8 Å². The predicted octanol–water partition coefficient (Wildman–Crippen LogP) is 0.810. The molecule has 0 aliphatic carbocycles. The Morgan fingerprint density at radius 3 is 3.05 bits per heavy atom. The number of hydrogen-bond donors (Lipinski definition) is 2. The van der Waals surface area contributed by atoms with E-state index < -0.39 is 6.49 Å². The second kappa shape index (κ2) is 5.43. The largest absolute Gasteiger partial charge is 0.382 e. The fraction of sp³-hybridized carbons (Fsp3) is 0.364. The molecule has 112 valence electrons. The van der Waals surface area contributed by atoms with E-state index in [1.54, 1.807) is 10.9 Å². The first-order valence-corrected chi connectivity index (χ1v) is 9.27. The first kappa shape index (κ1) is 14.6. The molecule has 1 aliphatic heterocycles. The highest BCUT2D eigenvalue weighted by atomic mass is 32.5. The Bertz CT molecular complexity index is 743. The highest BCUT2D eigenvalue weighted by molar-refractivity contribution is 8.09. The lowest BCUT2D eigenvalue weighted by Crippen LogP contribution is -2.16. The van der Waals surface area contributed by atoms with Crippen LogP contribution in [0.2, 0.25) is 0 Å². The lowest BCUT2D eigenvalue weighted by molar-refractivity contribution is -0.000976. The smallest absolute Gasteiger partial charge is 0.183 e. The van der Waals surface area contributed by atoms with Gasteiger partial charge in [0, 0.05) is 6.66 Å². The summed E-state index contributed by atoms with van der Waals surface area (Å²) in [4.78, 5) is 21.7. The van der Waals surface area contributed by atoms with Gasteiger partial charge in [-0.25, -0.2) is 15.0 Å². The minimum Gasteiger partial charge on any atom is -0.382 e. The highest BCUT2D eigenvalue weighted by Crippen LogP contribution is 2.38. The summed E-state index contributed by atoms with van der Waals surface area (Å²) < 4.78 is 12.8. The van der Waals surface area contributed by atoms with Crippen LogP contribution in [0.15, 0.2) is 24.8 Å². The predicted molar refractivity (Wildman–Crippen MR) is 81.2 cm³/mol. The van der Waals surface area contributed by atoms with Gasteiger partial charge in [-0.05, 0) is 17.9 Å². The quantitative estimate of drug-likeness (QED) is 0.627. The molecule has 0 aromatic carbocycles. The molecule has 0 amide bonds. The van der Waals surface area contributed by atoms with Gasteiger partial charge >= 0.3 is 0 Å². The summed E-state index contributed by atoms with van der Waals surface area (Å²) >= 11 is 4.82. The van der Waals surface area contributed by atoms with Crippen LogP contribution >= 0.6 is 6.49 Å². The third-order valence-electron chi connectivity index (χ3n) is 2.94. The van der Waals surface area contributed by atoms with Crippen LogP contribution in [0.4, 0.5) is 5.82 Å². The van der Waals surface area contributed by atoms with Crippen molar-refractivity contribution in [1.29, 1.82) is 0 Å². The zero-order valence-corrected chi connectivity index (χ0v) is 12.9. The van der Waals surface area contributed by atoms with Gasteiger partial charge in [0.2, 0.25) is 0 Å². The molecular formula is C11H14N5O3PS. The van der Waals surface area contributed by atoms with Crippen LogP contribution in [0.25, 0.3) is 11.2 Å². The van der Waals surface area contributed by atoms with Crippen molar-refractivity contribution in [3.8, 4) is 0 Å². The van der Waals surface area contributed by atoms with E-state index >= 15 is 0 Å². The number of nitrogen functional groups attached to an aromatic ring is 1. The minimum atomic E-state index is -2.68. The van der Waals surface area contributed by atoms with E-state index in [9.17, 15) is 4.89 Å². The minimum absolute atomic E-state index is 0.209. The zero-order chi connectivity index (χ0) is 15.0. The Hall–Kier alpha value is -1.38. The average molecular weight is 327 g/mol. The molecule has 3 atom stereocenters. The van der Waals surface area contributed by atoms with Crippen molar-refractivity contribution in [3.63, 3.8) is 0 Å². The molecule has 2 aromatic heterocycles. The third kappa shape index (κ3) is 3.12. The van der Waals surface area contributed by atoms with Crippen LogP contribution in [0.5, 0.6) is 0 Å². The molecule has 21 heavy (non-hydrogen) atoms. The molecule has 0 spiro atoms. The van der Waals surface area contributed by atoms with Crippen LogP contribution in [-0.2, 0) is 21.1 Å². The van der Waals surface area contributed by atoms with Gasteiger partial charge in [0.05, 0.1) is 12.9 Å². The van der Waals surface area contributed by atoms with Crippen molar-refractivity contribution in [1.82, 2.24) is 19.5 Å². The van der Waals surface area contributed by atoms with Gasteiger partial charge in [0.25, 0.3) is 0 Å². The van der Waals surface area contributed by atoms with Crippen LogP contribution in [0, 0.1) is 0 Å². The Labute approximate surface area is 125 Å². The van der Waals surface area contributed by atoms with Crippen molar-refractivity contribution < 1.29 is 14.2 Å². The molecule has 0 saturated carbocycles. The molecule has 10 heteroatoms. The van der Waals surface area contributed by atoms with Crippen molar-refractivity contribution in [2.75, 3.05) is 19.0 Å². The summed E-state index contributed by atoms with van der Waals surface area (Å²) in [5.74, 6) is 0.326. The molecule has 3 N–H and O–H groups in total. The topological polar surface area (TPSA) is 108 Å². The number of rotatable bonds is 4. The molecule has 8 nitrogen and oxygen atoms in total. The van der Waals surface area contributed by atoms with Gasteiger partial charge in [-0.1, -0.05) is 6.08 Å². The first-order valence-electron chi connectivity index (χ1n) is 6.15. The SMILES string of the molecule is CP(O)(=S)OC[C@@H]1C=C[C@H](n2cnc3c(N)ncnc32)O1. The van der Waals surface area contributed by atoms with Crippen LogP contribution in [0.3, 0.4) is 0 Å². The Balaban J connectivity index is 1.75. The molecule has 0 radical (unpaired) electrons. The average Bonchev–Trinajstić information content (AvgIpc) is 3.02. The second-order valence-electron chi connectivity index (χ2n) is 4.63. The zero-order valence-electron chi connectivity index (χ0n) is 11.2. The summed E-state index contributed by atoms with van der Waals surface area (Å²) in [7, 11) is 0. The Morgan fingerprint density at radius 2 is 2.29 bits per heavy atom. The number of nitrogens with two attached hydrogens (primary N) is 1. The van der Waals surface area contributed by atoms with Gasteiger partial charge < -0.3 is 19.9 Å². The van der Waals surface area contributed by atoms with Crippen molar-refractivity contribution in [3.05, 3.63) is 24.8 Å². The monoisotopic (exact) mass is 327 g/mol. The summed E-state index contributed by atoms with van der Waals surface area (Å²) in [6.07, 6.45) is 6.07. The van der Waals surface area contributed by atoms with Crippen LogP contribution in [-0.4, -0.2) is 43.8 Å². The van der Waals surface area contributed by atoms with Crippen molar-refractivity contribution in [2.45, 2.75) is 12.3 Å². The van der Waals surface area contributed by atoms with E-state index in [-0.39, 0.29) is 18.9 Å². The van der Waals surface area contributed by atoms with Gasteiger partial charge in [0.15, 0.2) is 24.2 Å². The Morgan fingerprint density at radius 1 is 1.48 bits per heavy atom. The maximum absolute atomic E-state index is 9.48. The summed E-state index contributed by atoms with van der Waals surface area (Å²) in [6, 6.07) is 0. The van der Waals surface area contributed by atoms with Gasteiger partial charge in [0.1, 0.15) is 17.9 Å². The van der Waals surface area contributed by atoms with Crippen LogP contribution < -0.4 is 5.73 Å². The molecule has 0 bridgehead atoms. The Kier molecular flexibility index (Phi) is 3.76. The van der Waals surface area contributed by atoms with Crippen molar-refractivity contribution in [2.24, 2.45) is 0 Å². The van der Waals surface area contributed by atoms with Crippen LogP contribution in [0.1, 0.15) is 6.23 Å². The standard InChI is InChI=1S/C11H14N5O3PS/c1-20(17,21)18-4-7-2-3-8(19-7)16-6-15-9-10(12)13-5-14-11(9)16/h2-3,5-8H,4H2,1H3,(H,17,21)(H2,12,13,14)/t7-,8+,20?/m0/s1. The molecular weight excluding hydrogens is 313 g/mol. The van der Waals surface area contributed by atoms with Gasteiger partial charge in [-0.2, -0.15) is 0 Å². The maximum Gasteiger partial charge on any atom is 0.183 e. The molecule has 3 rings (SSSR count). The molecule has 1 unspecified atom stereocenters. The highest BCUT2D eigenvalue weighted by Gasteiger charge is 2.24. The van der Waals surface area contributed by atoms with E-state index in [1.807, 2.05) is 12.2 Å². The fourth-order valence-corrected chi connectivity index (χ4v) is 2.62. The lowest BCUT2D eigenvalue weighted by Gasteiger charge is -2.17. The van der Waals surface area contributed by atoms with E-state index in [0.717, 1.165) is 0 Å². The van der Waals surface area contributed by atoms with E-state index in [2.05, 4.69) is 15.0 Å². The molecule has 3 heterocycles. The van der Waals surface area contributed by atoms with Crippen molar-refractivity contribution >= 4 is 35.3 Å². The van der Waals surface area contributed by atoms with E-state index in [1.165, 1.54) is 13.0 Å². The normalized spacial score (nSPS) is 24.5. The number of fused-ring (bicyclic) bond motifs is 1.